The average Bonchev–Trinajstić information content (AvgIpc) is 2.88. The van der Waals surface area contributed by atoms with Crippen LogP contribution in [0.1, 0.15) is 27.9 Å². The molecule has 0 spiro atoms. The maximum atomic E-state index is 12.1. The lowest BCUT2D eigenvalue weighted by molar-refractivity contribution is 0.102. The quantitative estimate of drug-likeness (QED) is 0.830. The Morgan fingerprint density at radius 3 is 2.79 bits per heavy atom. The van der Waals surface area contributed by atoms with E-state index in [1.807, 2.05) is 24.3 Å². The fraction of sp³-hybridized carbons (Fsp3) is 0.200. The van der Waals surface area contributed by atoms with Crippen LogP contribution in [0.25, 0.3) is 0 Å². The number of aryl methyl sites for hydroxylation is 2. The number of amides is 1. The normalized spacial score (nSPS) is 13.1. The number of nitrogens with one attached hydrogen (secondary N) is 1. The maximum absolute atomic E-state index is 12.1. The van der Waals surface area contributed by atoms with Gasteiger partial charge in [-0.3, -0.25) is 4.79 Å². The van der Waals surface area contributed by atoms with Crippen molar-refractivity contribution < 1.29 is 4.79 Å². The summed E-state index contributed by atoms with van der Waals surface area (Å²) in [6, 6.07) is 9.70. The maximum Gasteiger partial charge on any atom is 0.256 e. The number of hydrogen-bond acceptors (Lipinski definition) is 2. The number of halogens is 1. The lowest BCUT2D eigenvalue weighted by atomic mass is 10.1. The Hall–Kier alpha value is -1.43. The molecule has 1 aromatic carbocycles. The second-order valence-electron chi connectivity index (χ2n) is 4.65. The van der Waals surface area contributed by atoms with Gasteiger partial charge >= 0.3 is 0 Å². The van der Waals surface area contributed by atoms with Crippen LogP contribution in [-0.2, 0) is 12.8 Å². The van der Waals surface area contributed by atoms with Crippen LogP contribution < -0.4 is 5.32 Å². The minimum absolute atomic E-state index is 0.0941. The Bertz CT molecular complexity index is 623. The van der Waals surface area contributed by atoms with Crippen LogP contribution >= 0.6 is 22.6 Å². The highest BCUT2D eigenvalue weighted by atomic mass is 127. The van der Waals surface area contributed by atoms with E-state index in [2.05, 4.69) is 39.0 Å². The monoisotopic (exact) mass is 364 g/mol. The zero-order valence-electron chi connectivity index (χ0n) is 10.3. The van der Waals surface area contributed by atoms with Crippen molar-refractivity contribution in [2.75, 3.05) is 5.32 Å². The number of pyridine rings is 1. The second-order valence-corrected chi connectivity index (χ2v) is 5.90. The topological polar surface area (TPSA) is 42.0 Å². The van der Waals surface area contributed by atoms with Crippen LogP contribution in [0.2, 0.25) is 0 Å². The third-order valence-corrected chi connectivity index (χ3v) is 3.97. The molecule has 1 heterocycles. The number of carbonyl (C=O) groups is 1. The number of hydrogen-bond donors (Lipinski definition) is 1. The Morgan fingerprint density at radius 1 is 1.16 bits per heavy atom. The molecule has 1 aliphatic carbocycles. The summed E-state index contributed by atoms with van der Waals surface area (Å²) in [5.41, 5.74) is 3.40. The van der Waals surface area contributed by atoms with Crippen molar-refractivity contribution in [3.8, 4) is 0 Å². The van der Waals surface area contributed by atoms with E-state index in [0.717, 1.165) is 16.4 Å². The summed E-state index contributed by atoms with van der Waals surface area (Å²) in [5.74, 6) is 0.495. The molecule has 3 rings (SSSR count). The lowest BCUT2D eigenvalue weighted by Gasteiger charge is -2.06. The first-order valence-corrected chi connectivity index (χ1v) is 7.35. The summed E-state index contributed by atoms with van der Waals surface area (Å²) in [6.07, 6.45) is 5.14. The molecular formula is C15H13IN2O. The van der Waals surface area contributed by atoms with E-state index in [9.17, 15) is 4.79 Å². The van der Waals surface area contributed by atoms with Gasteiger partial charge in [-0.1, -0.05) is 6.07 Å². The molecule has 0 radical (unpaired) electrons. The molecule has 0 unspecified atom stereocenters. The van der Waals surface area contributed by atoms with Gasteiger partial charge in [0.2, 0.25) is 0 Å². The molecule has 0 aliphatic heterocycles. The highest BCUT2D eigenvalue weighted by Crippen LogP contribution is 2.23. The molecule has 0 fully saturated rings. The third-order valence-electron chi connectivity index (χ3n) is 3.33. The van der Waals surface area contributed by atoms with Gasteiger partial charge in [0.1, 0.15) is 5.82 Å². The molecule has 0 saturated carbocycles. The molecule has 3 nitrogen and oxygen atoms in total. The SMILES string of the molecule is O=C(Nc1ccc(I)cn1)c1ccc2c(c1)CCC2. The van der Waals surface area contributed by atoms with E-state index in [4.69, 9.17) is 0 Å². The summed E-state index contributed by atoms with van der Waals surface area (Å²) in [6.45, 7) is 0. The van der Waals surface area contributed by atoms with Gasteiger partial charge < -0.3 is 5.32 Å². The molecule has 0 bridgehead atoms. The van der Waals surface area contributed by atoms with Crippen LogP contribution in [-0.4, -0.2) is 10.9 Å². The smallest absolute Gasteiger partial charge is 0.256 e. The van der Waals surface area contributed by atoms with Crippen LogP contribution in [0, 0.1) is 3.57 Å². The van der Waals surface area contributed by atoms with E-state index in [1.54, 1.807) is 6.20 Å². The predicted octanol–water partition coefficient (Wildman–Crippen LogP) is 3.43. The Morgan fingerprint density at radius 2 is 2.00 bits per heavy atom. The van der Waals surface area contributed by atoms with E-state index < -0.39 is 0 Å². The number of anilines is 1. The largest absolute Gasteiger partial charge is 0.307 e. The molecule has 96 valence electrons. The second kappa shape index (κ2) is 5.28. The average molecular weight is 364 g/mol. The number of rotatable bonds is 2. The number of fused-ring (bicyclic) bond motifs is 1. The molecule has 0 saturated heterocycles. The van der Waals surface area contributed by atoms with Crippen molar-refractivity contribution in [3.63, 3.8) is 0 Å². The van der Waals surface area contributed by atoms with Crippen LogP contribution in [0.5, 0.6) is 0 Å². The van der Waals surface area contributed by atoms with Gasteiger partial charge in [-0.25, -0.2) is 4.98 Å². The van der Waals surface area contributed by atoms with E-state index in [1.165, 1.54) is 17.5 Å². The minimum Gasteiger partial charge on any atom is -0.307 e. The highest BCUT2D eigenvalue weighted by molar-refractivity contribution is 14.1. The predicted molar refractivity (Wildman–Crippen MR) is 83.4 cm³/mol. The summed E-state index contributed by atoms with van der Waals surface area (Å²) in [4.78, 5) is 16.3. The molecule has 2 aromatic rings. The molecule has 19 heavy (non-hydrogen) atoms. The van der Waals surface area contributed by atoms with Crippen molar-refractivity contribution in [2.24, 2.45) is 0 Å². The number of aromatic nitrogens is 1. The first-order valence-electron chi connectivity index (χ1n) is 6.27. The van der Waals surface area contributed by atoms with Gasteiger partial charge in [-0.2, -0.15) is 0 Å². The Balaban J connectivity index is 1.78. The molecule has 0 atom stereocenters. The zero-order valence-corrected chi connectivity index (χ0v) is 12.5. The number of nitrogens with zero attached hydrogens (tertiary/aromatic N) is 1. The molecule has 1 aromatic heterocycles. The number of carbonyl (C=O) groups excluding carboxylic acids is 1. The zero-order chi connectivity index (χ0) is 13.2. The van der Waals surface area contributed by atoms with Crippen molar-refractivity contribution in [3.05, 3.63) is 56.8 Å². The fourth-order valence-electron chi connectivity index (χ4n) is 2.35. The summed E-state index contributed by atoms with van der Waals surface area (Å²) in [7, 11) is 0. The van der Waals surface area contributed by atoms with E-state index >= 15 is 0 Å². The lowest BCUT2D eigenvalue weighted by Crippen LogP contribution is -2.13. The van der Waals surface area contributed by atoms with Crippen molar-refractivity contribution in [2.45, 2.75) is 19.3 Å². The highest BCUT2D eigenvalue weighted by Gasteiger charge is 2.14. The molecule has 1 amide bonds. The third kappa shape index (κ3) is 2.78. The molecule has 1 aliphatic rings. The standard InChI is InChI=1S/C15H13IN2O/c16-13-6-7-14(17-9-13)18-15(19)12-5-4-10-2-1-3-11(10)8-12/h4-9H,1-3H2,(H,17,18,19). The molecular weight excluding hydrogens is 351 g/mol. The van der Waals surface area contributed by atoms with Crippen molar-refractivity contribution in [1.82, 2.24) is 4.98 Å². The first kappa shape index (κ1) is 12.6. The first-order chi connectivity index (χ1) is 9.22. The van der Waals surface area contributed by atoms with Crippen molar-refractivity contribution in [1.29, 1.82) is 0 Å². The summed E-state index contributed by atoms with van der Waals surface area (Å²) >= 11 is 2.19. The van der Waals surface area contributed by atoms with Crippen LogP contribution in [0.4, 0.5) is 5.82 Å². The van der Waals surface area contributed by atoms with E-state index in [-0.39, 0.29) is 5.91 Å². The Kier molecular flexibility index (Phi) is 3.50. The van der Waals surface area contributed by atoms with Gasteiger partial charge in [0.15, 0.2) is 0 Å². The number of benzene rings is 1. The van der Waals surface area contributed by atoms with Gasteiger partial charge in [-0.05, 0) is 77.2 Å². The minimum atomic E-state index is -0.0941. The summed E-state index contributed by atoms with van der Waals surface area (Å²) in [5, 5.41) is 2.82. The van der Waals surface area contributed by atoms with Gasteiger partial charge in [0.05, 0.1) is 0 Å². The van der Waals surface area contributed by atoms with Crippen LogP contribution in [0.3, 0.4) is 0 Å². The Labute approximate surface area is 125 Å². The van der Waals surface area contributed by atoms with Crippen LogP contribution in [0.15, 0.2) is 36.5 Å². The van der Waals surface area contributed by atoms with E-state index in [0.29, 0.717) is 11.4 Å². The fourth-order valence-corrected chi connectivity index (χ4v) is 2.67. The molecule has 1 N–H and O–H groups in total. The van der Waals surface area contributed by atoms with Crippen molar-refractivity contribution >= 4 is 34.3 Å². The van der Waals surface area contributed by atoms with Gasteiger partial charge in [0.25, 0.3) is 5.91 Å². The van der Waals surface area contributed by atoms with Gasteiger partial charge in [-0.15, -0.1) is 0 Å². The summed E-state index contributed by atoms with van der Waals surface area (Å²) < 4.78 is 1.05. The molecule has 4 heteroatoms. The van der Waals surface area contributed by atoms with Gasteiger partial charge in [0, 0.05) is 15.3 Å².